The van der Waals surface area contributed by atoms with Gasteiger partial charge in [0.1, 0.15) is 0 Å². The van der Waals surface area contributed by atoms with E-state index in [1.54, 1.807) is 0 Å². The molecule has 0 aliphatic carbocycles. The van der Waals surface area contributed by atoms with Gasteiger partial charge in [-0.2, -0.15) is 8.78 Å². The lowest BCUT2D eigenvalue weighted by Crippen LogP contribution is -2.47. The highest BCUT2D eigenvalue weighted by Gasteiger charge is 2.24. The number of anilines is 1. The van der Waals surface area contributed by atoms with E-state index < -0.39 is 18.2 Å². The first-order valence-corrected chi connectivity index (χ1v) is 9.59. The van der Waals surface area contributed by atoms with Crippen LogP contribution in [0.2, 0.25) is 0 Å². The van der Waals surface area contributed by atoms with E-state index in [0.29, 0.717) is 6.54 Å². The number of ether oxygens (including phenoxy) is 1. The minimum absolute atomic E-state index is 0.0215. The lowest BCUT2D eigenvalue weighted by Gasteiger charge is -2.32. The van der Waals surface area contributed by atoms with Gasteiger partial charge in [0.05, 0.1) is 6.54 Å². The lowest BCUT2D eigenvalue weighted by atomic mass is 9.93. The number of nitrogens with one attached hydrogen (secondary N) is 2. The summed E-state index contributed by atoms with van der Waals surface area (Å²) in [6.07, 6.45) is 1.82. The molecule has 2 rings (SSSR count). The zero-order valence-corrected chi connectivity index (χ0v) is 16.9. The molecular formula is C20H28F3N3O3. The highest BCUT2D eigenvalue weighted by atomic mass is 19.3. The molecule has 1 heterocycles. The van der Waals surface area contributed by atoms with Crippen molar-refractivity contribution in [2.75, 3.05) is 25.0 Å². The maximum absolute atomic E-state index is 13.5. The first kappa shape index (κ1) is 23.0. The summed E-state index contributed by atoms with van der Waals surface area (Å²) in [5.74, 6) is -1.67. The number of hydrogen-bond acceptors (Lipinski definition) is 4. The van der Waals surface area contributed by atoms with Crippen LogP contribution >= 0.6 is 0 Å². The quantitative estimate of drug-likeness (QED) is 0.716. The van der Waals surface area contributed by atoms with Crippen LogP contribution in [0.15, 0.2) is 18.2 Å². The van der Waals surface area contributed by atoms with Gasteiger partial charge in [0.25, 0.3) is 0 Å². The highest BCUT2D eigenvalue weighted by Crippen LogP contribution is 2.25. The molecule has 1 aromatic carbocycles. The molecule has 1 aromatic rings. The molecule has 9 heteroatoms. The summed E-state index contributed by atoms with van der Waals surface area (Å²) in [7, 11) is 0. The Bertz CT molecular complexity index is 715. The van der Waals surface area contributed by atoms with E-state index in [9.17, 15) is 22.8 Å². The Morgan fingerprint density at radius 3 is 2.45 bits per heavy atom. The summed E-state index contributed by atoms with van der Waals surface area (Å²) in [6.45, 7) is 4.42. The van der Waals surface area contributed by atoms with Gasteiger partial charge in [0, 0.05) is 23.7 Å². The number of carbonyl (C=O) groups is 2. The number of piperidine rings is 1. The summed E-state index contributed by atoms with van der Waals surface area (Å²) in [5, 5.41) is 5.52. The van der Waals surface area contributed by atoms with Crippen LogP contribution in [0.1, 0.15) is 40.0 Å². The first-order valence-electron chi connectivity index (χ1n) is 9.59. The maximum atomic E-state index is 13.5. The van der Waals surface area contributed by atoms with Gasteiger partial charge in [0.2, 0.25) is 11.8 Å². The van der Waals surface area contributed by atoms with Gasteiger partial charge < -0.3 is 15.4 Å². The molecule has 1 aliphatic rings. The Morgan fingerprint density at radius 2 is 1.86 bits per heavy atom. The normalized spacial score (nSPS) is 16.0. The van der Waals surface area contributed by atoms with Crippen molar-refractivity contribution >= 4 is 17.5 Å². The smallest absolute Gasteiger partial charge is 0.387 e. The topological polar surface area (TPSA) is 70.7 Å². The van der Waals surface area contributed by atoms with Crippen LogP contribution in [0.5, 0.6) is 5.75 Å². The van der Waals surface area contributed by atoms with E-state index in [2.05, 4.69) is 20.3 Å². The zero-order valence-electron chi connectivity index (χ0n) is 16.9. The molecule has 1 saturated heterocycles. The van der Waals surface area contributed by atoms with E-state index in [4.69, 9.17) is 0 Å². The fraction of sp³-hybridized carbons (Fsp3) is 0.600. The molecule has 2 N–H and O–H groups in total. The fourth-order valence-electron chi connectivity index (χ4n) is 3.25. The molecule has 0 bridgehead atoms. The molecule has 0 spiro atoms. The van der Waals surface area contributed by atoms with E-state index in [0.717, 1.165) is 38.1 Å². The second-order valence-corrected chi connectivity index (χ2v) is 8.29. The van der Waals surface area contributed by atoms with Crippen LogP contribution < -0.4 is 15.4 Å². The summed E-state index contributed by atoms with van der Waals surface area (Å²) < 4.78 is 42.1. The fourth-order valence-corrected chi connectivity index (χ4v) is 3.25. The molecule has 1 aliphatic heterocycles. The largest absolute Gasteiger partial charge is 0.432 e. The van der Waals surface area contributed by atoms with Crippen LogP contribution in [0.4, 0.5) is 18.9 Å². The van der Waals surface area contributed by atoms with Gasteiger partial charge in [-0.25, -0.2) is 4.39 Å². The van der Waals surface area contributed by atoms with Crippen molar-refractivity contribution < 1.29 is 27.5 Å². The van der Waals surface area contributed by atoms with E-state index in [-0.39, 0.29) is 35.4 Å². The number of amides is 2. The molecule has 0 aromatic heterocycles. The monoisotopic (exact) mass is 415 g/mol. The average molecular weight is 415 g/mol. The number of hydrogen-bond donors (Lipinski definition) is 2. The van der Waals surface area contributed by atoms with E-state index in [1.807, 2.05) is 20.8 Å². The summed E-state index contributed by atoms with van der Waals surface area (Å²) in [4.78, 5) is 26.3. The maximum Gasteiger partial charge on any atom is 0.387 e. The third-order valence-corrected chi connectivity index (χ3v) is 4.49. The number of alkyl halides is 2. The van der Waals surface area contributed by atoms with Crippen molar-refractivity contribution in [2.45, 2.75) is 52.2 Å². The summed E-state index contributed by atoms with van der Waals surface area (Å²) in [5.41, 5.74) is -0.0722. The minimum Gasteiger partial charge on any atom is -0.432 e. The molecule has 29 heavy (non-hydrogen) atoms. The second kappa shape index (κ2) is 9.96. The number of benzene rings is 1. The van der Waals surface area contributed by atoms with Crippen molar-refractivity contribution in [2.24, 2.45) is 5.92 Å². The first-order chi connectivity index (χ1) is 13.5. The molecule has 0 atom stereocenters. The van der Waals surface area contributed by atoms with Crippen LogP contribution in [-0.2, 0) is 9.59 Å². The predicted octanol–water partition coefficient (Wildman–Crippen LogP) is 3.38. The number of halogens is 3. The minimum atomic E-state index is -3.15. The number of rotatable bonds is 7. The SMILES string of the molecule is CC(C)(C)NC(=O)CN1CCC(CC(=O)Nc2ccc(F)c(OC(F)F)c2)CC1. The van der Waals surface area contributed by atoms with Crippen LogP contribution in [0, 0.1) is 11.7 Å². The summed E-state index contributed by atoms with van der Waals surface area (Å²) in [6, 6.07) is 3.30. The third kappa shape index (κ3) is 8.31. The third-order valence-electron chi connectivity index (χ3n) is 4.49. The molecular weight excluding hydrogens is 387 g/mol. The highest BCUT2D eigenvalue weighted by molar-refractivity contribution is 5.91. The van der Waals surface area contributed by atoms with Gasteiger partial charge in [-0.05, 0) is 64.8 Å². The molecule has 0 saturated carbocycles. The van der Waals surface area contributed by atoms with Crippen LogP contribution in [0.3, 0.4) is 0 Å². The Morgan fingerprint density at radius 1 is 1.21 bits per heavy atom. The molecule has 162 valence electrons. The number of carbonyl (C=O) groups excluding carboxylic acids is 2. The molecule has 6 nitrogen and oxygen atoms in total. The van der Waals surface area contributed by atoms with Gasteiger partial charge in [-0.3, -0.25) is 14.5 Å². The Kier molecular flexibility index (Phi) is 7.89. The Hall–Kier alpha value is -2.29. The van der Waals surface area contributed by atoms with Gasteiger partial charge in [0.15, 0.2) is 11.6 Å². The van der Waals surface area contributed by atoms with Crippen molar-refractivity contribution in [3.63, 3.8) is 0 Å². The molecule has 0 radical (unpaired) electrons. The van der Waals surface area contributed by atoms with Crippen molar-refractivity contribution in [3.05, 3.63) is 24.0 Å². The molecule has 1 fully saturated rings. The second-order valence-electron chi connectivity index (χ2n) is 8.29. The molecule has 2 amide bonds. The Balaban J connectivity index is 1.78. The number of nitrogens with zero attached hydrogens (tertiary/aromatic N) is 1. The van der Waals surface area contributed by atoms with Gasteiger partial charge in [-0.15, -0.1) is 0 Å². The predicted molar refractivity (Wildman–Crippen MR) is 103 cm³/mol. The lowest BCUT2D eigenvalue weighted by molar-refractivity contribution is -0.124. The zero-order chi connectivity index (χ0) is 21.6. The van der Waals surface area contributed by atoms with Crippen LogP contribution in [0.25, 0.3) is 0 Å². The van der Waals surface area contributed by atoms with E-state index >= 15 is 0 Å². The van der Waals surface area contributed by atoms with Gasteiger partial charge in [-0.1, -0.05) is 0 Å². The summed E-state index contributed by atoms with van der Waals surface area (Å²) >= 11 is 0. The molecule has 0 unspecified atom stereocenters. The van der Waals surface area contributed by atoms with Crippen LogP contribution in [-0.4, -0.2) is 48.5 Å². The van der Waals surface area contributed by atoms with Crippen molar-refractivity contribution in [3.8, 4) is 5.75 Å². The Labute approximate surface area is 168 Å². The van der Waals surface area contributed by atoms with Crippen molar-refractivity contribution in [1.29, 1.82) is 0 Å². The standard InChI is InChI=1S/C20H28F3N3O3/c1-20(2,3)25-18(28)12-26-8-6-13(7-9-26)10-17(27)24-14-4-5-15(21)16(11-14)29-19(22)23/h4-5,11,13,19H,6-10,12H2,1-3H3,(H,24,27)(H,25,28). The average Bonchev–Trinajstić information content (AvgIpc) is 2.57. The van der Waals surface area contributed by atoms with E-state index in [1.165, 1.54) is 6.07 Å². The number of likely N-dealkylation sites (tertiary alicyclic amines) is 1. The van der Waals surface area contributed by atoms with Gasteiger partial charge >= 0.3 is 6.61 Å². The van der Waals surface area contributed by atoms with Crippen molar-refractivity contribution in [1.82, 2.24) is 10.2 Å².